The Morgan fingerprint density at radius 3 is 2.47 bits per heavy atom. The van der Waals surface area contributed by atoms with E-state index in [9.17, 15) is 4.79 Å². The van der Waals surface area contributed by atoms with Gasteiger partial charge in [-0.05, 0) is 17.7 Å². The molecule has 1 N–H and O–H groups in total. The molecular formula is C12H13Cl2NO2. The molecule has 0 saturated carbocycles. The van der Waals surface area contributed by atoms with Gasteiger partial charge in [-0.2, -0.15) is 0 Å². The molecule has 0 aliphatic carbocycles. The zero-order valence-corrected chi connectivity index (χ0v) is 10.7. The summed E-state index contributed by atoms with van der Waals surface area (Å²) >= 11 is 12.0. The summed E-state index contributed by atoms with van der Waals surface area (Å²) in [4.78, 5) is 13.6. The number of aliphatic hydroxyl groups is 1. The summed E-state index contributed by atoms with van der Waals surface area (Å²) < 4.78 is 0. The van der Waals surface area contributed by atoms with E-state index >= 15 is 0 Å². The van der Waals surface area contributed by atoms with Crippen LogP contribution in [0, 0.1) is 5.92 Å². The molecule has 3 nitrogen and oxygen atoms in total. The quantitative estimate of drug-likeness (QED) is 0.915. The second kappa shape index (κ2) is 5.25. The van der Waals surface area contributed by atoms with Gasteiger partial charge in [0.05, 0.1) is 6.42 Å². The third kappa shape index (κ3) is 2.73. The zero-order valence-electron chi connectivity index (χ0n) is 9.20. The molecule has 1 aliphatic heterocycles. The third-order valence-electron chi connectivity index (χ3n) is 2.96. The van der Waals surface area contributed by atoms with Crippen LogP contribution in [0.4, 0.5) is 0 Å². The lowest BCUT2D eigenvalue weighted by Crippen LogP contribution is -2.51. The highest BCUT2D eigenvalue weighted by atomic mass is 35.5. The minimum Gasteiger partial charge on any atom is -0.396 e. The van der Waals surface area contributed by atoms with Crippen LogP contribution in [-0.4, -0.2) is 35.6 Å². The van der Waals surface area contributed by atoms with Gasteiger partial charge >= 0.3 is 0 Å². The number of hydrogen-bond acceptors (Lipinski definition) is 2. The first-order valence-electron chi connectivity index (χ1n) is 5.43. The van der Waals surface area contributed by atoms with Gasteiger partial charge in [-0.15, -0.1) is 0 Å². The first-order valence-corrected chi connectivity index (χ1v) is 6.19. The van der Waals surface area contributed by atoms with Gasteiger partial charge in [0.15, 0.2) is 0 Å². The van der Waals surface area contributed by atoms with Gasteiger partial charge in [0.1, 0.15) is 0 Å². The van der Waals surface area contributed by atoms with Gasteiger partial charge in [0.2, 0.25) is 5.91 Å². The smallest absolute Gasteiger partial charge is 0.227 e. The molecule has 1 aromatic rings. The Labute approximate surface area is 110 Å². The summed E-state index contributed by atoms with van der Waals surface area (Å²) in [6, 6.07) is 5.20. The highest BCUT2D eigenvalue weighted by Crippen LogP contribution is 2.26. The van der Waals surface area contributed by atoms with E-state index in [2.05, 4.69) is 0 Å². The summed E-state index contributed by atoms with van der Waals surface area (Å²) in [6.45, 7) is 1.38. The Bertz CT molecular complexity index is 410. The summed E-state index contributed by atoms with van der Waals surface area (Å²) in [7, 11) is 0. The Morgan fingerprint density at radius 1 is 1.35 bits per heavy atom. The average molecular weight is 274 g/mol. The Kier molecular flexibility index (Phi) is 3.92. The molecule has 0 spiro atoms. The second-order valence-electron chi connectivity index (χ2n) is 4.22. The number of nitrogens with zero attached hydrogens (tertiary/aromatic N) is 1. The van der Waals surface area contributed by atoms with Gasteiger partial charge in [-0.1, -0.05) is 29.3 Å². The molecule has 2 rings (SSSR count). The molecule has 1 aromatic carbocycles. The van der Waals surface area contributed by atoms with Crippen LogP contribution in [0.3, 0.4) is 0 Å². The predicted molar refractivity (Wildman–Crippen MR) is 67.3 cm³/mol. The molecule has 1 amide bonds. The third-order valence-corrected chi connectivity index (χ3v) is 3.67. The molecule has 0 radical (unpaired) electrons. The fourth-order valence-corrected chi connectivity index (χ4v) is 2.38. The van der Waals surface area contributed by atoms with E-state index < -0.39 is 0 Å². The van der Waals surface area contributed by atoms with Crippen molar-refractivity contribution in [2.45, 2.75) is 6.42 Å². The van der Waals surface area contributed by atoms with E-state index in [1.807, 2.05) is 0 Å². The Hall–Kier alpha value is -0.770. The summed E-state index contributed by atoms with van der Waals surface area (Å²) in [5.41, 5.74) is 0.674. The van der Waals surface area contributed by atoms with Crippen molar-refractivity contribution in [3.8, 4) is 0 Å². The standard InChI is InChI=1S/C12H13Cl2NO2/c13-10-2-1-3-11(14)9(10)4-12(17)15-5-8(6-15)7-16/h1-3,8,16H,4-7H2. The van der Waals surface area contributed by atoms with Gasteiger partial charge in [0.25, 0.3) is 0 Å². The Balaban J connectivity index is 2.00. The molecule has 17 heavy (non-hydrogen) atoms. The number of likely N-dealkylation sites (tertiary alicyclic amines) is 1. The number of aliphatic hydroxyl groups excluding tert-OH is 1. The highest BCUT2D eigenvalue weighted by molar-refractivity contribution is 6.36. The lowest BCUT2D eigenvalue weighted by molar-refractivity contribution is -0.137. The van der Waals surface area contributed by atoms with E-state index in [-0.39, 0.29) is 24.9 Å². The van der Waals surface area contributed by atoms with Crippen molar-refractivity contribution in [3.05, 3.63) is 33.8 Å². The summed E-state index contributed by atoms with van der Waals surface area (Å²) in [5, 5.41) is 9.92. The number of carbonyl (C=O) groups excluding carboxylic acids is 1. The van der Waals surface area contributed by atoms with Crippen LogP contribution in [0.5, 0.6) is 0 Å². The highest BCUT2D eigenvalue weighted by Gasteiger charge is 2.30. The van der Waals surface area contributed by atoms with Crippen LogP contribution in [-0.2, 0) is 11.2 Å². The molecule has 1 fully saturated rings. The number of hydrogen-bond donors (Lipinski definition) is 1. The van der Waals surface area contributed by atoms with Crippen molar-refractivity contribution in [2.24, 2.45) is 5.92 Å². The molecule has 1 saturated heterocycles. The summed E-state index contributed by atoms with van der Waals surface area (Å²) in [6.07, 6.45) is 0.219. The van der Waals surface area contributed by atoms with Gasteiger partial charge in [0, 0.05) is 35.7 Å². The van der Waals surface area contributed by atoms with E-state index in [4.69, 9.17) is 28.3 Å². The molecule has 5 heteroatoms. The lowest BCUT2D eigenvalue weighted by atomic mass is 10.00. The van der Waals surface area contributed by atoms with E-state index in [1.54, 1.807) is 23.1 Å². The largest absolute Gasteiger partial charge is 0.396 e. The van der Waals surface area contributed by atoms with Crippen LogP contribution in [0.1, 0.15) is 5.56 Å². The minimum absolute atomic E-state index is 0.00435. The number of carbonyl (C=O) groups is 1. The predicted octanol–water partition coefficient (Wildman–Crippen LogP) is 1.99. The number of rotatable bonds is 3. The topological polar surface area (TPSA) is 40.5 Å². The number of halogens is 2. The monoisotopic (exact) mass is 273 g/mol. The average Bonchev–Trinajstić information content (AvgIpc) is 2.22. The Morgan fingerprint density at radius 2 is 1.94 bits per heavy atom. The van der Waals surface area contributed by atoms with E-state index in [0.29, 0.717) is 28.7 Å². The van der Waals surface area contributed by atoms with E-state index in [1.165, 1.54) is 0 Å². The molecule has 0 unspecified atom stereocenters. The maximum atomic E-state index is 11.9. The maximum absolute atomic E-state index is 11.9. The molecular weight excluding hydrogens is 261 g/mol. The van der Waals surface area contributed by atoms with Crippen molar-refractivity contribution in [2.75, 3.05) is 19.7 Å². The van der Waals surface area contributed by atoms with Crippen LogP contribution in [0.25, 0.3) is 0 Å². The molecule has 0 atom stereocenters. The summed E-state index contributed by atoms with van der Waals surface area (Å²) in [5.74, 6) is 0.227. The van der Waals surface area contributed by atoms with Crippen molar-refractivity contribution in [1.82, 2.24) is 4.90 Å². The van der Waals surface area contributed by atoms with Gasteiger partial charge < -0.3 is 10.0 Å². The molecule has 1 aliphatic rings. The van der Waals surface area contributed by atoms with E-state index in [0.717, 1.165) is 0 Å². The molecule has 0 bridgehead atoms. The van der Waals surface area contributed by atoms with Gasteiger partial charge in [-0.3, -0.25) is 4.79 Å². The van der Waals surface area contributed by atoms with Crippen LogP contribution in [0.2, 0.25) is 10.0 Å². The zero-order chi connectivity index (χ0) is 12.4. The van der Waals surface area contributed by atoms with Crippen LogP contribution < -0.4 is 0 Å². The number of benzene rings is 1. The van der Waals surface area contributed by atoms with Crippen molar-refractivity contribution in [3.63, 3.8) is 0 Å². The second-order valence-corrected chi connectivity index (χ2v) is 5.04. The minimum atomic E-state index is 0.00435. The normalized spacial score (nSPS) is 15.8. The van der Waals surface area contributed by atoms with Crippen molar-refractivity contribution in [1.29, 1.82) is 0 Å². The maximum Gasteiger partial charge on any atom is 0.227 e. The molecule has 1 heterocycles. The van der Waals surface area contributed by atoms with Crippen LogP contribution >= 0.6 is 23.2 Å². The fourth-order valence-electron chi connectivity index (χ4n) is 1.85. The first-order chi connectivity index (χ1) is 8.11. The SMILES string of the molecule is O=C(Cc1c(Cl)cccc1Cl)N1CC(CO)C1. The fraction of sp³-hybridized carbons (Fsp3) is 0.417. The molecule has 92 valence electrons. The first kappa shape index (κ1) is 12.7. The lowest BCUT2D eigenvalue weighted by Gasteiger charge is -2.38. The number of amides is 1. The van der Waals surface area contributed by atoms with Gasteiger partial charge in [-0.25, -0.2) is 0 Å². The van der Waals surface area contributed by atoms with Crippen molar-refractivity contribution < 1.29 is 9.90 Å². The molecule has 0 aromatic heterocycles. The van der Waals surface area contributed by atoms with Crippen LogP contribution in [0.15, 0.2) is 18.2 Å². The van der Waals surface area contributed by atoms with Crippen molar-refractivity contribution >= 4 is 29.1 Å².